The molecule has 1 heterocycles. The molecule has 3 rings (SSSR count). The number of anilines is 1. The lowest BCUT2D eigenvalue weighted by molar-refractivity contribution is -0.121. The highest BCUT2D eigenvalue weighted by Crippen LogP contribution is 2.24. The van der Waals surface area contributed by atoms with Crippen LogP contribution in [-0.4, -0.2) is 37.0 Å². The summed E-state index contributed by atoms with van der Waals surface area (Å²) in [6.07, 6.45) is 0.676. The van der Waals surface area contributed by atoms with Gasteiger partial charge in [-0.15, -0.1) is 0 Å². The lowest BCUT2D eigenvalue weighted by Gasteiger charge is -2.16. The van der Waals surface area contributed by atoms with Crippen LogP contribution in [0.3, 0.4) is 0 Å². The average molecular weight is 435 g/mol. The predicted molar refractivity (Wildman–Crippen MR) is 111 cm³/mol. The standard InChI is InChI=1S/C21H20Cl2N2O4/c1-2-29-21(28)14-4-7-16(8-5-14)25-19(26)12-18(20(25)27)24-10-9-13-3-6-15(22)11-17(13)23/h3-8,11,18,24H,2,9-10,12H2,1H3/t18-/m0/s1. The summed E-state index contributed by atoms with van der Waals surface area (Å²) < 4.78 is 4.94. The fourth-order valence-electron chi connectivity index (χ4n) is 3.13. The molecular weight excluding hydrogens is 415 g/mol. The Labute approximate surface area is 178 Å². The Hall–Kier alpha value is -2.41. The van der Waals surface area contributed by atoms with Gasteiger partial charge in [-0.1, -0.05) is 29.3 Å². The van der Waals surface area contributed by atoms with Gasteiger partial charge >= 0.3 is 5.97 Å². The van der Waals surface area contributed by atoms with Gasteiger partial charge in [-0.2, -0.15) is 0 Å². The molecule has 2 aromatic carbocycles. The van der Waals surface area contributed by atoms with E-state index in [0.717, 1.165) is 10.5 Å². The highest BCUT2D eigenvalue weighted by atomic mass is 35.5. The molecule has 0 spiro atoms. The molecule has 0 unspecified atom stereocenters. The van der Waals surface area contributed by atoms with Gasteiger partial charge in [0.15, 0.2) is 0 Å². The van der Waals surface area contributed by atoms with E-state index in [9.17, 15) is 14.4 Å². The summed E-state index contributed by atoms with van der Waals surface area (Å²) in [5.41, 5.74) is 1.70. The van der Waals surface area contributed by atoms with E-state index >= 15 is 0 Å². The van der Waals surface area contributed by atoms with Crippen molar-refractivity contribution in [3.05, 3.63) is 63.6 Å². The van der Waals surface area contributed by atoms with E-state index in [2.05, 4.69) is 5.32 Å². The third kappa shape index (κ3) is 4.96. The number of ether oxygens (including phenoxy) is 1. The van der Waals surface area contributed by atoms with Crippen LogP contribution in [0.15, 0.2) is 42.5 Å². The first-order valence-corrected chi connectivity index (χ1v) is 9.97. The number of rotatable bonds is 7. The molecule has 0 saturated carbocycles. The summed E-state index contributed by atoms with van der Waals surface area (Å²) >= 11 is 12.1. The molecule has 2 aromatic rings. The molecule has 0 bridgehead atoms. The van der Waals surface area contributed by atoms with Gasteiger partial charge in [0.2, 0.25) is 5.91 Å². The number of hydrogen-bond acceptors (Lipinski definition) is 5. The van der Waals surface area contributed by atoms with Crippen molar-refractivity contribution in [1.29, 1.82) is 0 Å². The Bertz CT molecular complexity index is 931. The molecule has 0 aromatic heterocycles. The summed E-state index contributed by atoms with van der Waals surface area (Å²) in [4.78, 5) is 38.0. The number of halogens is 2. The van der Waals surface area contributed by atoms with Gasteiger partial charge < -0.3 is 10.1 Å². The number of benzene rings is 2. The van der Waals surface area contributed by atoms with Crippen LogP contribution in [0.2, 0.25) is 10.0 Å². The van der Waals surface area contributed by atoms with Crippen LogP contribution < -0.4 is 10.2 Å². The Kier molecular flexibility index (Phi) is 6.90. The number of carbonyl (C=O) groups is 3. The number of esters is 1. The lowest BCUT2D eigenvalue weighted by Crippen LogP contribution is -2.39. The molecule has 8 heteroatoms. The minimum atomic E-state index is -0.599. The largest absolute Gasteiger partial charge is 0.462 e. The van der Waals surface area contributed by atoms with Crippen molar-refractivity contribution in [2.75, 3.05) is 18.1 Å². The first kappa shape index (κ1) is 21.3. The van der Waals surface area contributed by atoms with Crippen molar-refractivity contribution >= 4 is 46.7 Å². The normalized spacial score (nSPS) is 16.4. The molecule has 1 saturated heterocycles. The zero-order chi connectivity index (χ0) is 21.0. The van der Waals surface area contributed by atoms with E-state index in [1.807, 2.05) is 6.07 Å². The SMILES string of the molecule is CCOC(=O)c1ccc(N2C(=O)C[C@H](NCCc3ccc(Cl)cc3Cl)C2=O)cc1. The third-order valence-corrected chi connectivity index (χ3v) is 5.17. The van der Waals surface area contributed by atoms with Crippen LogP contribution in [0.4, 0.5) is 5.69 Å². The van der Waals surface area contributed by atoms with Crippen LogP contribution in [0, 0.1) is 0 Å². The van der Waals surface area contributed by atoms with Crippen LogP contribution in [0.5, 0.6) is 0 Å². The second kappa shape index (κ2) is 9.39. The number of imide groups is 1. The van der Waals surface area contributed by atoms with Crippen LogP contribution in [0.1, 0.15) is 29.3 Å². The minimum absolute atomic E-state index is 0.0762. The van der Waals surface area contributed by atoms with E-state index in [1.54, 1.807) is 31.2 Å². The number of hydrogen-bond donors (Lipinski definition) is 1. The molecular formula is C21H20Cl2N2O4. The van der Waals surface area contributed by atoms with Crippen molar-refractivity contribution in [2.24, 2.45) is 0 Å². The van der Waals surface area contributed by atoms with Crippen LogP contribution in [0.25, 0.3) is 0 Å². The Morgan fingerprint density at radius 3 is 2.55 bits per heavy atom. The summed E-state index contributed by atoms with van der Waals surface area (Å²) in [5, 5.41) is 4.25. The van der Waals surface area contributed by atoms with Crippen molar-refractivity contribution in [1.82, 2.24) is 5.32 Å². The van der Waals surface area contributed by atoms with E-state index in [-0.39, 0.29) is 24.8 Å². The molecule has 0 aliphatic carbocycles. The smallest absolute Gasteiger partial charge is 0.338 e. The minimum Gasteiger partial charge on any atom is -0.462 e. The molecule has 1 atom stereocenters. The van der Waals surface area contributed by atoms with Crippen LogP contribution >= 0.6 is 23.2 Å². The zero-order valence-electron chi connectivity index (χ0n) is 15.8. The van der Waals surface area contributed by atoms with Gasteiger partial charge in [-0.3, -0.25) is 9.59 Å². The van der Waals surface area contributed by atoms with Crippen LogP contribution in [-0.2, 0) is 20.7 Å². The molecule has 1 N–H and O–H groups in total. The summed E-state index contributed by atoms with van der Waals surface area (Å²) in [6.45, 7) is 2.49. The first-order valence-electron chi connectivity index (χ1n) is 9.22. The fraction of sp³-hybridized carbons (Fsp3) is 0.286. The molecule has 0 radical (unpaired) electrons. The maximum absolute atomic E-state index is 12.7. The number of amides is 2. The molecule has 152 valence electrons. The molecule has 1 aliphatic rings. The van der Waals surface area contributed by atoms with Gasteiger partial charge in [0.05, 0.1) is 30.3 Å². The molecule has 2 amide bonds. The van der Waals surface area contributed by atoms with Gasteiger partial charge in [0.25, 0.3) is 5.91 Å². The second-order valence-corrected chi connectivity index (χ2v) is 7.37. The summed E-state index contributed by atoms with van der Waals surface area (Å²) in [5.74, 6) is -1.06. The zero-order valence-corrected chi connectivity index (χ0v) is 17.3. The highest BCUT2D eigenvalue weighted by molar-refractivity contribution is 6.35. The topological polar surface area (TPSA) is 75.7 Å². The molecule has 1 fully saturated rings. The first-order chi connectivity index (χ1) is 13.9. The van der Waals surface area contributed by atoms with E-state index in [0.29, 0.717) is 34.3 Å². The van der Waals surface area contributed by atoms with E-state index in [1.165, 1.54) is 12.1 Å². The number of nitrogens with one attached hydrogen (secondary N) is 1. The predicted octanol–water partition coefficient (Wildman–Crippen LogP) is 3.63. The van der Waals surface area contributed by atoms with E-state index < -0.39 is 12.0 Å². The fourth-order valence-corrected chi connectivity index (χ4v) is 3.63. The van der Waals surface area contributed by atoms with Crippen molar-refractivity contribution in [3.8, 4) is 0 Å². The van der Waals surface area contributed by atoms with Crippen molar-refractivity contribution in [2.45, 2.75) is 25.8 Å². The average Bonchev–Trinajstić information content (AvgIpc) is 2.97. The molecule has 6 nitrogen and oxygen atoms in total. The van der Waals surface area contributed by atoms with E-state index in [4.69, 9.17) is 27.9 Å². The summed E-state index contributed by atoms with van der Waals surface area (Å²) in [6, 6.07) is 10.9. The Morgan fingerprint density at radius 1 is 1.17 bits per heavy atom. The third-order valence-electron chi connectivity index (χ3n) is 4.58. The number of carbonyl (C=O) groups excluding carboxylic acids is 3. The highest BCUT2D eigenvalue weighted by Gasteiger charge is 2.39. The van der Waals surface area contributed by atoms with Gasteiger partial charge in [-0.25, -0.2) is 9.69 Å². The maximum atomic E-state index is 12.7. The maximum Gasteiger partial charge on any atom is 0.338 e. The van der Waals surface area contributed by atoms with Crippen molar-refractivity contribution < 1.29 is 19.1 Å². The van der Waals surface area contributed by atoms with Gasteiger partial charge in [0, 0.05) is 10.0 Å². The molecule has 29 heavy (non-hydrogen) atoms. The summed E-state index contributed by atoms with van der Waals surface area (Å²) in [7, 11) is 0. The van der Waals surface area contributed by atoms with Gasteiger partial charge in [0.1, 0.15) is 0 Å². The number of nitrogens with zero attached hydrogens (tertiary/aromatic N) is 1. The van der Waals surface area contributed by atoms with Crippen molar-refractivity contribution in [3.63, 3.8) is 0 Å². The van der Waals surface area contributed by atoms with Gasteiger partial charge in [-0.05, 0) is 61.9 Å². The quantitative estimate of drug-likeness (QED) is 0.531. The molecule has 1 aliphatic heterocycles. The second-order valence-electron chi connectivity index (χ2n) is 6.53. The Balaban J connectivity index is 1.61. The monoisotopic (exact) mass is 434 g/mol. The lowest BCUT2D eigenvalue weighted by atomic mass is 10.1. The Morgan fingerprint density at radius 2 is 1.90 bits per heavy atom.